The molecule has 1 nitrogen and oxygen atoms in total. The van der Waals surface area contributed by atoms with E-state index in [0.717, 1.165) is 12.2 Å². The molecule has 2 rings (SSSR count). The normalized spacial score (nSPS) is 14.1. The minimum Gasteiger partial charge on any atom is -0.147 e. The summed E-state index contributed by atoms with van der Waals surface area (Å²) in [6.07, 6.45) is 5.74. The molecule has 1 aliphatic carbocycles. The summed E-state index contributed by atoms with van der Waals surface area (Å²) in [5, 5.41) is 1.88. The second-order valence-corrected chi connectivity index (χ2v) is 26.9. The van der Waals surface area contributed by atoms with Crippen LogP contribution in [0, 0.1) is 6.92 Å². The Kier molecular flexibility index (Phi) is 10.4. The monoisotopic (exact) mass is 479 g/mol. The molecule has 0 aliphatic heterocycles. The van der Waals surface area contributed by atoms with E-state index in [4.69, 9.17) is 3.32 Å². The molecule has 0 aromatic heterocycles. The maximum absolute atomic E-state index is 6.81. The van der Waals surface area contributed by atoms with Crippen molar-refractivity contribution in [2.45, 2.75) is 72.3 Å². The van der Waals surface area contributed by atoms with E-state index in [1.54, 1.807) is 3.88 Å². The average Bonchev–Trinajstić information content (AvgIpc) is 2.88. The first kappa shape index (κ1) is 27.2. The Morgan fingerprint density at radius 2 is 1.63 bits per heavy atom. The molecule has 1 aliphatic rings. The summed E-state index contributed by atoms with van der Waals surface area (Å²) in [6.45, 7) is 20.8. The third kappa shape index (κ3) is 6.35. The Morgan fingerprint density at radius 1 is 1.04 bits per heavy atom. The number of hydrogen-bond donors (Lipinski definition) is 0. The number of rotatable bonds is 5. The summed E-state index contributed by atoms with van der Waals surface area (Å²) in [4.78, 5) is 0. The molecule has 0 heterocycles. The van der Waals surface area contributed by atoms with E-state index >= 15 is 0 Å². The van der Waals surface area contributed by atoms with E-state index in [1.165, 1.54) is 16.3 Å². The summed E-state index contributed by atoms with van der Waals surface area (Å²) >= 11 is -1.63. The van der Waals surface area contributed by atoms with Gasteiger partial charge in [-0.2, -0.15) is 0 Å². The summed E-state index contributed by atoms with van der Waals surface area (Å²) in [5.41, 5.74) is 2.82. The minimum atomic E-state index is -1.63. The van der Waals surface area contributed by atoms with Gasteiger partial charge in [0.1, 0.15) is 0 Å². The van der Waals surface area contributed by atoms with E-state index in [2.05, 4.69) is 91.2 Å². The summed E-state index contributed by atoms with van der Waals surface area (Å²) in [7, 11) is -1.54. The van der Waals surface area contributed by atoms with Gasteiger partial charge in [0, 0.05) is 0 Å². The Bertz CT molecular complexity index is 707. The average molecular weight is 480 g/mol. The molecule has 0 saturated carbocycles. The Balaban J connectivity index is 0.00000338. The van der Waals surface area contributed by atoms with Gasteiger partial charge in [-0.05, 0) is 0 Å². The summed E-state index contributed by atoms with van der Waals surface area (Å²) < 4.78 is 8.48. The van der Waals surface area contributed by atoms with Gasteiger partial charge < -0.3 is 0 Å². The maximum atomic E-state index is 6.81. The maximum Gasteiger partial charge on any atom is -0.147 e. The predicted molar refractivity (Wildman–Crippen MR) is 128 cm³/mol. The SMILES string of the molecule is CC1=[C]([Ti]([O]c2cc(C)cc([Si](C)(C)C(C)(C)C)c2)[SiH](C)C)CC=C1.Cl.Cl. The zero-order valence-electron chi connectivity index (χ0n) is 18.4. The van der Waals surface area contributed by atoms with Crippen LogP contribution in [0.15, 0.2) is 39.8 Å². The van der Waals surface area contributed by atoms with E-state index in [9.17, 15) is 0 Å². The first-order valence-corrected chi connectivity index (χ1v) is 19.5. The van der Waals surface area contributed by atoms with Crippen molar-refractivity contribution in [2.75, 3.05) is 0 Å². The van der Waals surface area contributed by atoms with Gasteiger partial charge in [0.05, 0.1) is 0 Å². The summed E-state index contributed by atoms with van der Waals surface area (Å²) in [5.74, 6) is 1.14. The van der Waals surface area contributed by atoms with Crippen LogP contribution in [0.4, 0.5) is 0 Å². The van der Waals surface area contributed by atoms with Crippen LogP contribution in [-0.2, 0) is 17.5 Å². The Morgan fingerprint density at radius 3 is 2.07 bits per heavy atom. The molecule has 0 atom stereocenters. The van der Waals surface area contributed by atoms with Crippen LogP contribution in [0.2, 0.25) is 31.2 Å². The zero-order chi connectivity index (χ0) is 19.0. The van der Waals surface area contributed by atoms with Crippen LogP contribution in [0.25, 0.3) is 0 Å². The van der Waals surface area contributed by atoms with E-state index in [0.29, 0.717) is 5.04 Å². The van der Waals surface area contributed by atoms with Crippen molar-refractivity contribution in [1.82, 2.24) is 0 Å². The number of aryl methyl sites for hydroxylation is 1. The molecule has 0 unspecified atom stereocenters. The quantitative estimate of drug-likeness (QED) is 0.427. The van der Waals surface area contributed by atoms with Gasteiger partial charge in [-0.25, -0.2) is 0 Å². The van der Waals surface area contributed by atoms with E-state index < -0.39 is 32.3 Å². The van der Waals surface area contributed by atoms with Crippen LogP contribution >= 0.6 is 24.8 Å². The third-order valence-corrected chi connectivity index (χ3v) is 21.8. The van der Waals surface area contributed by atoms with Crippen molar-refractivity contribution < 1.29 is 20.8 Å². The van der Waals surface area contributed by atoms with Crippen LogP contribution in [0.1, 0.15) is 39.7 Å². The van der Waals surface area contributed by atoms with Crippen molar-refractivity contribution in [1.29, 1.82) is 0 Å². The Labute approximate surface area is 188 Å². The molecule has 1 aromatic rings. The van der Waals surface area contributed by atoms with Crippen molar-refractivity contribution in [3.63, 3.8) is 0 Å². The van der Waals surface area contributed by atoms with Gasteiger partial charge in [-0.15, -0.1) is 24.8 Å². The topological polar surface area (TPSA) is 9.23 Å². The molecule has 153 valence electrons. The van der Waals surface area contributed by atoms with Gasteiger partial charge in [0.2, 0.25) is 0 Å². The second kappa shape index (κ2) is 10.3. The van der Waals surface area contributed by atoms with Gasteiger partial charge in [-0.1, -0.05) is 0 Å². The van der Waals surface area contributed by atoms with Crippen molar-refractivity contribution in [2.24, 2.45) is 0 Å². The molecule has 0 fully saturated rings. The minimum absolute atomic E-state index is 0. The number of benzene rings is 1. The fraction of sp³-hybridized carbons (Fsp3) is 0.524. The van der Waals surface area contributed by atoms with Crippen molar-refractivity contribution >= 4 is 44.7 Å². The third-order valence-electron chi connectivity index (χ3n) is 5.86. The molecule has 0 saturated heterocycles. The zero-order valence-corrected chi connectivity index (χ0v) is 23.7. The van der Waals surface area contributed by atoms with Gasteiger partial charge in [0.15, 0.2) is 0 Å². The molecular weight excluding hydrogens is 443 g/mol. The number of allylic oxidation sites excluding steroid dienone is 4. The second-order valence-electron chi connectivity index (χ2n) is 9.30. The first-order chi connectivity index (χ1) is 11.4. The molecule has 0 amide bonds. The smallest absolute Gasteiger partial charge is 0.147 e. The molecule has 0 bridgehead atoms. The molecule has 6 heteroatoms. The standard InChI is InChI=1S/C13H22OSi.C6H7.C2H7Si.2ClH.Ti/c1-10-7-11(14)9-12(8-10)15(5,6)13(2,3)4;1-6-4-2-3-5-6;1-3-2;;;/h7-9,14H,1-6H3;2,4H,3H2,1H3;3H,1-2H3;2*1H;/q;;;;;+1/p-1. The van der Waals surface area contributed by atoms with Crippen molar-refractivity contribution in [3.8, 4) is 5.75 Å². The first-order valence-electron chi connectivity index (χ1n) is 9.47. The molecule has 0 radical (unpaired) electrons. The Hall–Kier alpha value is 0.228. The van der Waals surface area contributed by atoms with E-state index in [-0.39, 0.29) is 24.8 Å². The van der Waals surface area contributed by atoms with Crippen molar-refractivity contribution in [3.05, 3.63) is 45.4 Å². The summed E-state index contributed by atoms with van der Waals surface area (Å²) in [6, 6.07) is 7.05. The van der Waals surface area contributed by atoms with E-state index in [1.807, 2.05) is 0 Å². The predicted octanol–water partition coefficient (Wildman–Crippen LogP) is 6.68. The largest absolute Gasteiger partial charge is 0.147 e. The van der Waals surface area contributed by atoms with Gasteiger partial charge in [-0.3, -0.25) is 0 Å². The fourth-order valence-electron chi connectivity index (χ4n) is 3.17. The van der Waals surface area contributed by atoms with Crippen LogP contribution in [0.3, 0.4) is 0 Å². The number of halogens is 2. The van der Waals surface area contributed by atoms with Crippen LogP contribution in [0.5, 0.6) is 5.75 Å². The molecule has 0 N–H and O–H groups in total. The molecule has 27 heavy (non-hydrogen) atoms. The molecule has 1 aromatic carbocycles. The van der Waals surface area contributed by atoms with Crippen LogP contribution in [-0.4, -0.2) is 14.7 Å². The van der Waals surface area contributed by atoms with Gasteiger partial charge in [0.25, 0.3) is 0 Å². The number of hydrogen-bond acceptors (Lipinski definition) is 1. The van der Waals surface area contributed by atoms with Gasteiger partial charge >= 0.3 is 164 Å². The molecular formula is C21H37Cl2OSi2Ti. The molecule has 0 spiro atoms. The van der Waals surface area contributed by atoms with Crippen LogP contribution < -0.4 is 8.51 Å². The fourth-order valence-corrected chi connectivity index (χ4v) is 14.4.